The van der Waals surface area contributed by atoms with Gasteiger partial charge in [-0.15, -0.1) is 11.3 Å². The molecule has 0 radical (unpaired) electrons. The standard InChI is InChI=1S/C7H6OS/c8-5-1-3-7-4-2-6-9-7/h2,4,6,8H,5H2. The molecule has 0 spiro atoms. The zero-order valence-electron chi connectivity index (χ0n) is 4.79. The first kappa shape index (κ1) is 6.34. The van der Waals surface area contributed by atoms with Crippen LogP contribution in [0.15, 0.2) is 17.5 Å². The van der Waals surface area contributed by atoms with Crippen molar-refractivity contribution in [2.45, 2.75) is 0 Å². The maximum atomic E-state index is 8.30. The Balaban J connectivity index is 2.67. The number of aliphatic hydroxyl groups excluding tert-OH is 1. The average molecular weight is 138 g/mol. The van der Waals surface area contributed by atoms with E-state index in [1.807, 2.05) is 17.5 Å². The highest BCUT2D eigenvalue weighted by Gasteiger charge is 1.81. The molecule has 1 rings (SSSR count). The van der Waals surface area contributed by atoms with Crippen LogP contribution in [0.4, 0.5) is 0 Å². The van der Waals surface area contributed by atoms with Crippen LogP contribution in [0.3, 0.4) is 0 Å². The molecule has 0 saturated heterocycles. The molecule has 1 aromatic heterocycles. The average Bonchev–Trinajstić information content (AvgIpc) is 2.34. The van der Waals surface area contributed by atoms with Crippen molar-refractivity contribution in [3.63, 3.8) is 0 Å². The molecule has 0 saturated carbocycles. The summed E-state index contributed by atoms with van der Waals surface area (Å²) >= 11 is 1.58. The van der Waals surface area contributed by atoms with E-state index in [2.05, 4.69) is 11.8 Å². The summed E-state index contributed by atoms with van der Waals surface area (Å²) in [4.78, 5) is 1.00. The second-order valence-electron chi connectivity index (χ2n) is 1.44. The van der Waals surface area contributed by atoms with Crippen molar-refractivity contribution >= 4 is 11.3 Å². The monoisotopic (exact) mass is 138 g/mol. The molecule has 1 N–H and O–H groups in total. The van der Waals surface area contributed by atoms with Crippen molar-refractivity contribution in [1.29, 1.82) is 0 Å². The molecule has 2 heteroatoms. The summed E-state index contributed by atoms with van der Waals surface area (Å²) in [6, 6.07) is 3.86. The lowest BCUT2D eigenvalue weighted by Gasteiger charge is -1.72. The lowest BCUT2D eigenvalue weighted by atomic mass is 10.5. The summed E-state index contributed by atoms with van der Waals surface area (Å²) in [5.74, 6) is 5.36. The summed E-state index contributed by atoms with van der Waals surface area (Å²) in [5, 5.41) is 10.3. The lowest BCUT2D eigenvalue weighted by molar-refractivity contribution is 0.350. The molecule has 0 aromatic carbocycles. The molecule has 0 aliphatic carbocycles. The van der Waals surface area contributed by atoms with Gasteiger partial charge in [0.1, 0.15) is 6.61 Å². The topological polar surface area (TPSA) is 20.2 Å². The highest BCUT2D eigenvalue weighted by atomic mass is 32.1. The third kappa shape index (κ3) is 1.88. The fourth-order valence-electron chi connectivity index (χ4n) is 0.476. The van der Waals surface area contributed by atoms with Crippen molar-refractivity contribution < 1.29 is 5.11 Å². The van der Waals surface area contributed by atoms with Gasteiger partial charge in [-0.1, -0.05) is 17.9 Å². The van der Waals surface area contributed by atoms with Crippen molar-refractivity contribution in [2.75, 3.05) is 6.61 Å². The molecule has 0 amide bonds. The molecule has 46 valence electrons. The van der Waals surface area contributed by atoms with Gasteiger partial charge in [0.25, 0.3) is 0 Å². The Morgan fingerprint density at radius 2 is 2.56 bits per heavy atom. The van der Waals surface area contributed by atoms with E-state index in [4.69, 9.17) is 5.11 Å². The molecule has 1 nitrogen and oxygen atoms in total. The van der Waals surface area contributed by atoms with E-state index in [9.17, 15) is 0 Å². The highest BCUT2D eigenvalue weighted by Crippen LogP contribution is 2.04. The maximum absolute atomic E-state index is 8.30. The first-order chi connectivity index (χ1) is 4.43. The number of aliphatic hydroxyl groups is 1. The largest absolute Gasteiger partial charge is 0.384 e. The van der Waals surface area contributed by atoms with E-state index in [0.717, 1.165) is 4.88 Å². The van der Waals surface area contributed by atoms with Gasteiger partial charge in [-0.3, -0.25) is 0 Å². The lowest BCUT2D eigenvalue weighted by Crippen LogP contribution is -1.70. The van der Waals surface area contributed by atoms with Gasteiger partial charge in [0.2, 0.25) is 0 Å². The smallest absolute Gasteiger partial charge is 0.104 e. The number of hydrogen-bond donors (Lipinski definition) is 1. The fraction of sp³-hybridized carbons (Fsp3) is 0.143. The Labute approximate surface area is 58.0 Å². The number of thiophene rings is 1. The molecule has 0 bridgehead atoms. The van der Waals surface area contributed by atoms with E-state index in [1.54, 1.807) is 11.3 Å². The Kier molecular flexibility index (Phi) is 2.32. The molecule has 1 heterocycles. The van der Waals surface area contributed by atoms with Gasteiger partial charge in [-0.05, 0) is 11.4 Å². The summed E-state index contributed by atoms with van der Waals surface area (Å²) in [5.41, 5.74) is 0. The number of hydrogen-bond acceptors (Lipinski definition) is 2. The van der Waals surface area contributed by atoms with Crippen molar-refractivity contribution in [1.82, 2.24) is 0 Å². The van der Waals surface area contributed by atoms with E-state index in [0.29, 0.717) is 0 Å². The van der Waals surface area contributed by atoms with Crippen LogP contribution in [-0.2, 0) is 0 Å². The molecular formula is C7H6OS. The summed E-state index contributed by atoms with van der Waals surface area (Å²) < 4.78 is 0. The van der Waals surface area contributed by atoms with Crippen LogP contribution in [0, 0.1) is 11.8 Å². The Morgan fingerprint density at radius 1 is 1.67 bits per heavy atom. The quantitative estimate of drug-likeness (QED) is 0.532. The number of rotatable bonds is 0. The van der Waals surface area contributed by atoms with Gasteiger partial charge < -0.3 is 5.11 Å². The van der Waals surface area contributed by atoms with Crippen LogP contribution >= 0.6 is 11.3 Å². The maximum Gasteiger partial charge on any atom is 0.104 e. The predicted octanol–water partition coefficient (Wildman–Crippen LogP) is 1.09. The molecular weight excluding hydrogens is 132 g/mol. The summed E-state index contributed by atoms with van der Waals surface area (Å²) in [6.07, 6.45) is 0. The minimum Gasteiger partial charge on any atom is -0.384 e. The van der Waals surface area contributed by atoms with Gasteiger partial charge >= 0.3 is 0 Å². The van der Waals surface area contributed by atoms with E-state index >= 15 is 0 Å². The minimum atomic E-state index is -0.0576. The Morgan fingerprint density at radius 3 is 3.11 bits per heavy atom. The summed E-state index contributed by atoms with van der Waals surface area (Å²) in [6.45, 7) is -0.0576. The SMILES string of the molecule is OCC#Cc1cccs1. The van der Waals surface area contributed by atoms with Crippen LogP contribution in [0.1, 0.15) is 4.88 Å². The van der Waals surface area contributed by atoms with Gasteiger partial charge in [-0.2, -0.15) is 0 Å². The summed E-state index contributed by atoms with van der Waals surface area (Å²) in [7, 11) is 0. The van der Waals surface area contributed by atoms with Crippen molar-refractivity contribution in [3.05, 3.63) is 22.4 Å². The first-order valence-electron chi connectivity index (χ1n) is 2.56. The molecule has 1 aromatic rings. The van der Waals surface area contributed by atoms with Gasteiger partial charge in [-0.25, -0.2) is 0 Å². The van der Waals surface area contributed by atoms with Crippen LogP contribution in [-0.4, -0.2) is 11.7 Å². The fourth-order valence-corrected chi connectivity index (χ4v) is 1.07. The molecule has 0 atom stereocenters. The molecule has 0 aliphatic heterocycles. The molecule has 9 heavy (non-hydrogen) atoms. The Bertz CT molecular complexity index is 215. The third-order valence-electron chi connectivity index (χ3n) is 0.812. The van der Waals surface area contributed by atoms with Crippen molar-refractivity contribution in [2.24, 2.45) is 0 Å². The molecule has 0 fully saturated rings. The van der Waals surface area contributed by atoms with Crippen molar-refractivity contribution in [3.8, 4) is 11.8 Å². The van der Waals surface area contributed by atoms with Gasteiger partial charge in [0, 0.05) is 0 Å². The predicted molar refractivity (Wildman–Crippen MR) is 38.3 cm³/mol. The first-order valence-corrected chi connectivity index (χ1v) is 3.44. The van der Waals surface area contributed by atoms with Crippen LogP contribution < -0.4 is 0 Å². The van der Waals surface area contributed by atoms with Gasteiger partial charge in [0.15, 0.2) is 0 Å². The second-order valence-corrected chi connectivity index (χ2v) is 2.38. The second kappa shape index (κ2) is 3.29. The highest BCUT2D eigenvalue weighted by molar-refractivity contribution is 7.10. The zero-order chi connectivity index (χ0) is 6.53. The zero-order valence-corrected chi connectivity index (χ0v) is 5.61. The van der Waals surface area contributed by atoms with Crippen LogP contribution in [0.5, 0.6) is 0 Å². The molecule has 0 aliphatic rings. The third-order valence-corrected chi connectivity index (χ3v) is 1.60. The van der Waals surface area contributed by atoms with Crippen LogP contribution in [0.25, 0.3) is 0 Å². The Hall–Kier alpha value is -0.780. The van der Waals surface area contributed by atoms with Crippen LogP contribution in [0.2, 0.25) is 0 Å². The van der Waals surface area contributed by atoms with E-state index in [-0.39, 0.29) is 6.61 Å². The molecule has 0 unspecified atom stereocenters. The normalized spacial score (nSPS) is 8.11. The van der Waals surface area contributed by atoms with E-state index < -0.39 is 0 Å². The van der Waals surface area contributed by atoms with E-state index in [1.165, 1.54) is 0 Å². The minimum absolute atomic E-state index is 0.0576. The van der Waals surface area contributed by atoms with Gasteiger partial charge in [0.05, 0.1) is 4.88 Å².